The first-order valence-corrected chi connectivity index (χ1v) is 9.74. The number of aromatic nitrogens is 1. The van der Waals surface area contributed by atoms with Crippen molar-refractivity contribution in [2.45, 2.75) is 25.2 Å². The summed E-state index contributed by atoms with van der Waals surface area (Å²) in [5.74, 6) is 2.01. The molecule has 2 heterocycles. The molecule has 1 N–H and O–H groups in total. The zero-order valence-corrected chi connectivity index (χ0v) is 16.4. The third-order valence-electron chi connectivity index (χ3n) is 5.61. The zero-order chi connectivity index (χ0) is 19.5. The van der Waals surface area contributed by atoms with Gasteiger partial charge in [0.15, 0.2) is 11.5 Å². The van der Waals surface area contributed by atoms with Gasteiger partial charge in [-0.1, -0.05) is 24.3 Å². The third kappa shape index (κ3) is 3.70. The molecule has 0 bridgehead atoms. The Morgan fingerprint density at radius 2 is 1.93 bits per heavy atom. The number of para-hydroxylation sites is 1. The van der Waals surface area contributed by atoms with Crippen LogP contribution in [-0.2, 0) is 11.2 Å². The van der Waals surface area contributed by atoms with Crippen LogP contribution < -0.4 is 9.47 Å². The summed E-state index contributed by atoms with van der Waals surface area (Å²) in [4.78, 5) is 18.2. The molecule has 1 amide bonds. The first-order valence-electron chi connectivity index (χ1n) is 9.74. The van der Waals surface area contributed by atoms with E-state index in [4.69, 9.17) is 9.47 Å². The van der Waals surface area contributed by atoms with Gasteiger partial charge in [-0.15, -0.1) is 0 Å². The highest BCUT2D eigenvalue weighted by atomic mass is 16.5. The number of rotatable bonds is 6. The van der Waals surface area contributed by atoms with Crippen molar-refractivity contribution in [3.63, 3.8) is 0 Å². The molecule has 1 aliphatic rings. The third-order valence-corrected chi connectivity index (χ3v) is 5.61. The molecule has 0 saturated carbocycles. The van der Waals surface area contributed by atoms with E-state index >= 15 is 0 Å². The minimum atomic E-state index is 0.216. The van der Waals surface area contributed by atoms with Crippen LogP contribution in [0.5, 0.6) is 11.5 Å². The van der Waals surface area contributed by atoms with E-state index in [-0.39, 0.29) is 5.91 Å². The lowest BCUT2D eigenvalue weighted by molar-refractivity contribution is -0.130. The van der Waals surface area contributed by atoms with Crippen molar-refractivity contribution in [2.24, 2.45) is 0 Å². The maximum absolute atomic E-state index is 12.7. The summed E-state index contributed by atoms with van der Waals surface area (Å²) in [6.45, 7) is 1.61. The molecule has 0 radical (unpaired) electrons. The van der Waals surface area contributed by atoms with Gasteiger partial charge in [0.2, 0.25) is 5.91 Å². The second-order valence-electron chi connectivity index (χ2n) is 7.33. The Kier molecular flexibility index (Phi) is 5.24. The molecular formula is C23H26N2O3. The molecule has 1 unspecified atom stereocenters. The van der Waals surface area contributed by atoms with Crippen LogP contribution in [0.25, 0.3) is 10.9 Å². The summed E-state index contributed by atoms with van der Waals surface area (Å²) < 4.78 is 10.6. The fourth-order valence-corrected chi connectivity index (χ4v) is 4.00. The van der Waals surface area contributed by atoms with Gasteiger partial charge in [-0.3, -0.25) is 4.79 Å². The molecule has 2 aromatic carbocycles. The molecule has 4 rings (SSSR count). The second-order valence-corrected chi connectivity index (χ2v) is 7.33. The number of carbonyl (C=O) groups excluding carboxylic acids is 1. The molecule has 28 heavy (non-hydrogen) atoms. The number of aryl methyl sites for hydroxylation is 1. The number of likely N-dealkylation sites (tertiary alicyclic amines) is 1. The van der Waals surface area contributed by atoms with E-state index in [1.165, 1.54) is 11.1 Å². The van der Waals surface area contributed by atoms with Crippen molar-refractivity contribution < 1.29 is 14.3 Å². The van der Waals surface area contributed by atoms with E-state index < -0.39 is 0 Å². The molecule has 5 heteroatoms. The highest BCUT2D eigenvalue weighted by Crippen LogP contribution is 2.30. The molecule has 146 valence electrons. The Bertz CT molecular complexity index is 946. The Morgan fingerprint density at radius 3 is 2.71 bits per heavy atom. The first-order chi connectivity index (χ1) is 13.7. The highest BCUT2D eigenvalue weighted by Gasteiger charge is 2.28. The Balaban J connectivity index is 1.36. The predicted molar refractivity (Wildman–Crippen MR) is 110 cm³/mol. The van der Waals surface area contributed by atoms with E-state index in [0.717, 1.165) is 30.6 Å². The van der Waals surface area contributed by atoms with Crippen molar-refractivity contribution in [1.29, 1.82) is 0 Å². The standard InChI is InChI=1S/C23H26N2O3/c1-27-21-9-7-16(13-22(21)28-2)8-10-23(26)25-12-11-18(15-25)20-14-17-5-3-4-6-19(17)24-20/h3-7,9,13-14,18,24H,8,10-12,15H2,1-2H3. The van der Waals surface area contributed by atoms with Crippen molar-refractivity contribution in [1.82, 2.24) is 9.88 Å². The van der Waals surface area contributed by atoms with Gasteiger partial charge in [-0.25, -0.2) is 0 Å². The number of nitrogens with one attached hydrogen (secondary N) is 1. The summed E-state index contributed by atoms with van der Waals surface area (Å²) in [6.07, 6.45) is 2.22. The van der Waals surface area contributed by atoms with E-state index in [1.54, 1.807) is 14.2 Å². The number of amides is 1. The fourth-order valence-electron chi connectivity index (χ4n) is 4.00. The molecule has 1 aromatic heterocycles. The predicted octanol–water partition coefficient (Wildman–Crippen LogP) is 4.13. The number of fused-ring (bicyclic) bond motifs is 1. The summed E-state index contributed by atoms with van der Waals surface area (Å²) in [5.41, 5.74) is 3.48. The van der Waals surface area contributed by atoms with E-state index in [9.17, 15) is 4.79 Å². The van der Waals surface area contributed by atoms with Gasteiger partial charge in [-0.2, -0.15) is 0 Å². The van der Waals surface area contributed by atoms with E-state index in [0.29, 0.717) is 30.3 Å². The molecule has 0 spiro atoms. The molecule has 1 fully saturated rings. The zero-order valence-electron chi connectivity index (χ0n) is 16.4. The number of nitrogens with zero attached hydrogens (tertiary/aromatic N) is 1. The first kappa shape index (κ1) is 18.4. The monoisotopic (exact) mass is 378 g/mol. The fraction of sp³-hybridized carbons (Fsp3) is 0.348. The van der Waals surface area contributed by atoms with Crippen LogP contribution in [0.2, 0.25) is 0 Å². The number of hydrogen-bond acceptors (Lipinski definition) is 3. The van der Waals surface area contributed by atoms with Gasteiger partial charge in [0.1, 0.15) is 0 Å². The van der Waals surface area contributed by atoms with Crippen LogP contribution in [0.3, 0.4) is 0 Å². The van der Waals surface area contributed by atoms with Crippen molar-refractivity contribution in [3.05, 3.63) is 59.8 Å². The number of carbonyl (C=O) groups is 1. The lowest BCUT2D eigenvalue weighted by Crippen LogP contribution is -2.28. The minimum Gasteiger partial charge on any atom is -0.493 e. The Morgan fingerprint density at radius 1 is 1.11 bits per heavy atom. The lowest BCUT2D eigenvalue weighted by Gasteiger charge is -2.16. The average Bonchev–Trinajstić information content (AvgIpc) is 3.38. The van der Waals surface area contributed by atoms with Crippen molar-refractivity contribution >= 4 is 16.8 Å². The quantitative estimate of drug-likeness (QED) is 0.702. The van der Waals surface area contributed by atoms with Crippen LogP contribution >= 0.6 is 0 Å². The molecule has 0 aliphatic carbocycles. The Labute approximate surface area is 165 Å². The van der Waals surface area contributed by atoms with Gasteiger partial charge in [0, 0.05) is 36.6 Å². The molecule has 3 aromatic rings. The number of ether oxygens (including phenoxy) is 2. The number of benzene rings is 2. The minimum absolute atomic E-state index is 0.216. The topological polar surface area (TPSA) is 54.6 Å². The number of hydrogen-bond donors (Lipinski definition) is 1. The van der Waals surface area contributed by atoms with Gasteiger partial charge < -0.3 is 19.4 Å². The van der Waals surface area contributed by atoms with Crippen LogP contribution in [-0.4, -0.2) is 43.1 Å². The van der Waals surface area contributed by atoms with Crippen LogP contribution in [0.1, 0.15) is 30.0 Å². The molecule has 5 nitrogen and oxygen atoms in total. The second kappa shape index (κ2) is 7.97. The summed E-state index contributed by atoms with van der Waals surface area (Å²) in [7, 11) is 3.25. The normalized spacial score (nSPS) is 16.5. The summed E-state index contributed by atoms with van der Waals surface area (Å²) >= 11 is 0. The summed E-state index contributed by atoms with van der Waals surface area (Å²) in [6, 6.07) is 16.4. The van der Waals surface area contributed by atoms with Gasteiger partial charge >= 0.3 is 0 Å². The maximum atomic E-state index is 12.7. The van der Waals surface area contributed by atoms with Gasteiger partial charge in [0.25, 0.3) is 0 Å². The van der Waals surface area contributed by atoms with Gasteiger partial charge in [0.05, 0.1) is 14.2 Å². The van der Waals surface area contributed by atoms with Crippen LogP contribution in [0.15, 0.2) is 48.5 Å². The van der Waals surface area contributed by atoms with Crippen molar-refractivity contribution in [3.8, 4) is 11.5 Å². The maximum Gasteiger partial charge on any atom is 0.222 e. The molecule has 1 atom stereocenters. The van der Waals surface area contributed by atoms with Gasteiger partial charge in [-0.05, 0) is 48.1 Å². The SMILES string of the molecule is COc1ccc(CCC(=O)N2CCC(c3cc4ccccc4[nH]3)C2)cc1OC. The van der Waals surface area contributed by atoms with E-state index in [2.05, 4.69) is 29.2 Å². The largest absolute Gasteiger partial charge is 0.493 e. The average molecular weight is 378 g/mol. The smallest absolute Gasteiger partial charge is 0.222 e. The van der Waals surface area contributed by atoms with Crippen LogP contribution in [0, 0.1) is 0 Å². The Hall–Kier alpha value is -2.95. The molecule has 1 saturated heterocycles. The lowest BCUT2D eigenvalue weighted by atomic mass is 10.1. The van der Waals surface area contributed by atoms with E-state index in [1.807, 2.05) is 29.2 Å². The van der Waals surface area contributed by atoms with Crippen LogP contribution in [0.4, 0.5) is 0 Å². The number of methoxy groups -OCH3 is 2. The molecular weight excluding hydrogens is 352 g/mol. The van der Waals surface area contributed by atoms with Crippen molar-refractivity contribution in [2.75, 3.05) is 27.3 Å². The summed E-state index contributed by atoms with van der Waals surface area (Å²) in [5, 5.41) is 1.23. The number of aromatic amines is 1. The molecule has 1 aliphatic heterocycles. The number of H-pyrrole nitrogens is 1. The highest BCUT2D eigenvalue weighted by molar-refractivity contribution is 5.80.